The number of nitrogens with zero attached hydrogens (tertiary/aromatic N) is 2. The second kappa shape index (κ2) is 11.4. The van der Waals surface area contributed by atoms with Gasteiger partial charge in [0.05, 0.1) is 23.8 Å². The molecule has 12 heteroatoms. The van der Waals surface area contributed by atoms with Gasteiger partial charge in [0.25, 0.3) is 5.69 Å². The Hall–Kier alpha value is -4.77. The van der Waals surface area contributed by atoms with Crippen LogP contribution in [0.3, 0.4) is 0 Å². The molecule has 35 heavy (non-hydrogen) atoms. The monoisotopic (exact) mass is 496 g/mol. The minimum Gasteiger partial charge on any atom is -0.493 e. The van der Waals surface area contributed by atoms with E-state index in [1.54, 1.807) is 18.2 Å². The van der Waals surface area contributed by atoms with Gasteiger partial charge in [-0.3, -0.25) is 19.7 Å². The predicted molar refractivity (Wildman–Crippen MR) is 127 cm³/mol. The van der Waals surface area contributed by atoms with Gasteiger partial charge in [0.2, 0.25) is 0 Å². The summed E-state index contributed by atoms with van der Waals surface area (Å²) in [4.78, 5) is 46.4. The molecule has 0 fully saturated rings. The lowest BCUT2D eigenvalue weighted by Crippen LogP contribution is -2.32. The number of nitro groups is 1. The first kappa shape index (κ1) is 24.9. The highest BCUT2D eigenvalue weighted by Gasteiger charge is 2.15. The van der Waals surface area contributed by atoms with Crippen LogP contribution in [0.15, 0.2) is 71.8 Å². The number of methoxy groups -OCH3 is 1. The molecule has 0 unspecified atom stereocenters. The van der Waals surface area contributed by atoms with E-state index in [1.807, 2.05) is 0 Å². The Bertz CT molecular complexity index is 1310. The van der Waals surface area contributed by atoms with Crippen molar-refractivity contribution in [2.75, 3.05) is 12.4 Å². The molecule has 0 heterocycles. The Morgan fingerprint density at radius 2 is 1.74 bits per heavy atom. The molecule has 11 nitrogen and oxygen atoms in total. The molecule has 178 valence electrons. The zero-order chi connectivity index (χ0) is 25.4. The van der Waals surface area contributed by atoms with Gasteiger partial charge in [-0.05, 0) is 54.1 Å². The number of ether oxygens (including phenoxy) is 2. The molecule has 0 atom stereocenters. The molecule has 0 saturated heterocycles. The average Bonchev–Trinajstić information content (AvgIpc) is 2.84. The van der Waals surface area contributed by atoms with Crippen LogP contribution in [0.25, 0.3) is 0 Å². The van der Waals surface area contributed by atoms with Gasteiger partial charge in [-0.25, -0.2) is 10.2 Å². The molecule has 2 N–H and O–H groups in total. The molecular formula is C23H17ClN4O7. The predicted octanol–water partition coefficient (Wildman–Crippen LogP) is 3.56. The molecule has 3 aromatic rings. The third kappa shape index (κ3) is 6.85. The topological polar surface area (TPSA) is 149 Å². The lowest BCUT2D eigenvalue weighted by Gasteiger charge is -2.10. The summed E-state index contributed by atoms with van der Waals surface area (Å²) in [6.07, 6.45) is 1.26. The van der Waals surface area contributed by atoms with Crippen molar-refractivity contribution in [3.05, 3.63) is 93.0 Å². The fourth-order valence-electron chi connectivity index (χ4n) is 2.70. The number of hydrazone groups is 1. The normalized spacial score (nSPS) is 10.5. The number of rotatable bonds is 7. The molecule has 0 aliphatic heterocycles. The van der Waals surface area contributed by atoms with E-state index in [0.29, 0.717) is 16.3 Å². The number of amides is 2. The Labute approximate surface area is 203 Å². The van der Waals surface area contributed by atoms with Crippen LogP contribution in [0, 0.1) is 10.1 Å². The first-order chi connectivity index (χ1) is 16.8. The smallest absolute Gasteiger partial charge is 0.343 e. The molecule has 0 radical (unpaired) electrons. The Kier molecular flexibility index (Phi) is 8.09. The number of nitrogens with one attached hydrogen (secondary N) is 2. The van der Waals surface area contributed by atoms with E-state index in [4.69, 9.17) is 21.1 Å². The summed E-state index contributed by atoms with van der Waals surface area (Å²) < 4.78 is 10.5. The second-order valence-corrected chi connectivity index (χ2v) is 7.20. The van der Waals surface area contributed by atoms with E-state index in [0.717, 1.165) is 0 Å². The lowest BCUT2D eigenvalue weighted by molar-refractivity contribution is -0.384. The third-order valence-corrected chi connectivity index (χ3v) is 4.61. The summed E-state index contributed by atoms with van der Waals surface area (Å²) in [6.45, 7) is 0. The van der Waals surface area contributed by atoms with Gasteiger partial charge in [-0.1, -0.05) is 17.7 Å². The van der Waals surface area contributed by atoms with Crippen LogP contribution in [0.2, 0.25) is 5.02 Å². The van der Waals surface area contributed by atoms with E-state index in [1.165, 1.54) is 61.9 Å². The van der Waals surface area contributed by atoms with Crippen molar-refractivity contribution in [3.8, 4) is 11.5 Å². The van der Waals surface area contributed by atoms with Crippen LogP contribution in [-0.4, -0.2) is 36.0 Å². The van der Waals surface area contributed by atoms with Gasteiger partial charge < -0.3 is 14.8 Å². The van der Waals surface area contributed by atoms with Crippen LogP contribution in [-0.2, 0) is 9.59 Å². The second-order valence-electron chi connectivity index (χ2n) is 6.77. The Morgan fingerprint density at radius 1 is 1.00 bits per heavy atom. The first-order valence-electron chi connectivity index (χ1n) is 9.81. The number of halogens is 1. The number of anilines is 1. The van der Waals surface area contributed by atoms with Crippen molar-refractivity contribution < 1.29 is 28.8 Å². The number of benzene rings is 3. The summed E-state index contributed by atoms with van der Waals surface area (Å²) in [5.41, 5.74) is 2.87. The van der Waals surface area contributed by atoms with Crippen molar-refractivity contribution >= 4 is 47.0 Å². The molecule has 0 aromatic heterocycles. The molecule has 0 aliphatic carbocycles. The van der Waals surface area contributed by atoms with Crippen molar-refractivity contribution in [2.24, 2.45) is 5.10 Å². The van der Waals surface area contributed by atoms with Crippen LogP contribution < -0.4 is 20.2 Å². The van der Waals surface area contributed by atoms with Crippen LogP contribution in [0.5, 0.6) is 11.5 Å². The molecule has 0 spiro atoms. The standard InChI is InChI=1S/C23H17ClN4O7/c1-34-20-11-14(13-25-27-22(30)21(29)26-17-4-2-3-16(24)12-17)5-10-19(20)35-23(31)15-6-8-18(9-7-15)28(32)33/h2-13H,1H3,(H,26,29)(H,27,30)/b25-13+. The van der Waals surface area contributed by atoms with Crippen molar-refractivity contribution in [3.63, 3.8) is 0 Å². The van der Waals surface area contributed by atoms with E-state index < -0.39 is 22.7 Å². The maximum Gasteiger partial charge on any atom is 0.343 e. The van der Waals surface area contributed by atoms with Crippen LogP contribution >= 0.6 is 11.6 Å². The number of nitro benzene ring substituents is 1. The van der Waals surface area contributed by atoms with E-state index >= 15 is 0 Å². The van der Waals surface area contributed by atoms with Gasteiger partial charge in [0.15, 0.2) is 11.5 Å². The van der Waals surface area contributed by atoms with Gasteiger partial charge in [-0.2, -0.15) is 5.10 Å². The highest BCUT2D eigenvalue weighted by molar-refractivity contribution is 6.39. The SMILES string of the molecule is COc1cc(/C=N/NC(=O)C(=O)Nc2cccc(Cl)c2)ccc1OC(=O)c1ccc([N+](=O)[O-])cc1. The summed E-state index contributed by atoms with van der Waals surface area (Å²) in [5, 5.41) is 17.2. The molecule has 0 aliphatic rings. The quantitative estimate of drug-likeness (QED) is 0.127. The number of hydrogen-bond donors (Lipinski definition) is 2. The van der Waals surface area contributed by atoms with Crippen LogP contribution in [0.4, 0.5) is 11.4 Å². The zero-order valence-electron chi connectivity index (χ0n) is 18.1. The third-order valence-electron chi connectivity index (χ3n) is 4.37. The number of carbonyl (C=O) groups is 3. The molecule has 2 amide bonds. The summed E-state index contributed by atoms with van der Waals surface area (Å²) in [6, 6.07) is 15.7. The largest absolute Gasteiger partial charge is 0.493 e. The van der Waals surface area contributed by atoms with Gasteiger partial charge >= 0.3 is 17.8 Å². The van der Waals surface area contributed by atoms with Crippen molar-refractivity contribution in [2.45, 2.75) is 0 Å². The van der Waals surface area contributed by atoms with E-state index in [-0.39, 0.29) is 22.7 Å². The van der Waals surface area contributed by atoms with Gasteiger partial charge in [0, 0.05) is 22.8 Å². The Morgan fingerprint density at radius 3 is 2.40 bits per heavy atom. The van der Waals surface area contributed by atoms with E-state index in [9.17, 15) is 24.5 Å². The zero-order valence-corrected chi connectivity index (χ0v) is 18.8. The minimum atomic E-state index is -0.998. The highest BCUT2D eigenvalue weighted by atomic mass is 35.5. The number of non-ortho nitro benzene ring substituents is 1. The fourth-order valence-corrected chi connectivity index (χ4v) is 2.89. The molecule has 0 saturated carbocycles. The summed E-state index contributed by atoms with van der Waals surface area (Å²) >= 11 is 5.83. The molecule has 3 rings (SSSR count). The summed E-state index contributed by atoms with van der Waals surface area (Å²) in [5.74, 6) is -2.39. The van der Waals surface area contributed by atoms with Crippen molar-refractivity contribution in [1.29, 1.82) is 0 Å². The number of carbonyl (C=O) groups excluding carboxylic acids is 3. The maximum atomic E-state index is 12.3. The fraction of sp³-hybridized carbons (Fsp3) is 0.0435. The molecule has 0 bridgehead atoms. The number of esters is 1. The van der Waals surface area contributed by atoms with Gasteiger partial charge in [-0.15, -0.1) is 0 Å². The Balaban J connectivity index is 1.61. The lowest BCUT2D eigenvalue weighted by atomic mass is 10.2. The summed E-state index contributed by atoms with van der Waals surface area (Å²) in [7, 11) is 1.36. The number of hydrogen-bond acceptors (Lipinski definition) is 8. The highest BCUT2D eigenvalue weighted by Crippen LogP contribution is 2.28. The first-order valence-corrected chi connectivity index (χ1v) is 10.2. The minimum absolute atomic E-state index is 0.0953. The maximum absolute atomic E-state index is 12.3. The molecule has 3 aromatic carbocycles. The van der Waals surface area contributed by atoms with Gasteiger partial charge in [0.1, 0.15) is 0 Å². The van der Waals surface area contributed by atoms with Crippen molar-refractivity contribution in [1.82, 2.24) is 5.43 Å². The van der Waals surface area contributed by atoms with Crippen LogP contribution in [0.1, 0.15) is 15.9 Å². The van der Waals surface area contributed by atoms with E-state index in [2.05, 4.69) is 15.8 Å². The average molecular weight is 497 g/mol. The molecular weight excluding hydrogens is 480 g/mol.